The molecular weight excluding hydrogens is 334 g/mol. The molecule has 2 N–H and O–H groups in total. The molecule has 0 spiro atoms. The van der Waals surface area contributed by atoms with Gasteiger partial charge in [-0.05, 0) is 41.0 Å². The highest BCUT2D eigenvalue weighted by Gasteiger charge is 2.16. The largest absolute Gasteiger partial charge is 0.330 e. The molecule has 0 aliphatic rings. The summed E-state index contributed by atoms with van der Waals surface area (Å²) >= 11 is 0. The van der Waals surface area contributed by atoms with Crippen LogP contribution in [0.2, 0.25) is 0 Å². The number of rotatable bonds is 5. The van der Waals surface area contributed by atoms with Gasteiger partial charge in [0.05, 0.1) is 17.9 Å². The number of pyridine rings is 2. The number of imidazole rings is 1. The summed E-state index contributed by atoms with van der Waals surface area (Å²) in [5, 5.41) is 0. The Kier molecular flexibility index (Phi) is 4.77. The molecule has 3 aromatic heterocycles. The normalized spacial score (nSPS) is 12.1. The minimum absolute atomic E-state index is 0.199. The molecule has 1 aromatic carbocycles. The Labute approximate surface area is 158 Å². The Morgan fingerprint density at radius 1 is 0.852 bits per heavy atom. The van der Waals surface area contributed by atoms with E-state index in [1.165, 1.54) is 0 Å². The highest BCUT2D eigenvalue weighted by atomic mass is 15.1. The molecule has 0 saturated heterocycles. The highest BCUT2D eigenvalue weighted by molar-refractivity contribution is 5.68. The van der Waals surface area contributed by atoms with Crippen molar-refractivity contribution in [3.05, 3.63) is 90.9 Å². The molecular formula is C22H21N5. The van der Waals surface area contributed by atoms with E-state index in [0.29, 0.717) is 6.42 Å². The molecule has 0 aliphatic heterocycles. The molecule has 134 valence electrons. The van der Waals surface area contributed by atoms with Crippen LogP contribution in [-0.2, 0) is 13.5 Å². The number of hydrogen-bond acceptors (Lipinski definition) is 4. The third-order valence-electron chi connectivity index (χ3n) is 4.71. The molecule has 4 aromatic rings. The number of hydrogen-bond donors (Lipinski definition) is 1. The minimum atomic E-state index is -0.199. The predicted molar refractivity (Wildman–Crippen MR) is 107 cm³/mol. The second-order valence-corrected chi connectivity index (χ2v) is 6.51. The van der Waals surface area contributed by atoms with E-state index < -0.39 is 0 Å². The van der Waals surface area contributed by atoms with Crippen molar-refractivity contribution < 1.29 is 0 Å². The van der Waals surface area contributed by atoms with Crippen molar-refractivity contribution in [2.24, 2.45) is 12.8 Å². The fourth-order valence-corrected chi connectivity index (χ4v) is 3.25. The van der Waals surface area contributed by atoms with Crippen molar-refractivity contribution in [1.82, 2.24) is 19.5 Å². The lowest BCUT2D eigenvalue weighted by molar-refractivity contribution is 0.626. The predicted octanol–water partition coefficient (Wildman–Crippen LogP) is 3.79. The maximum absolute atomic E-state index is 6.39. The quantitative estimate of drug-likeness (QED) is 0.591. The molecule has 0 amide bonds. The van der Waals surface area contributed by atoms with Crippen LogP contribution in [0, 0.1) is 0 Å². The maximum Gasteiger partial charge on any atom is 0.126 e. The Morgan fingerprint density at radius 3 is 2.26 bits per heavy atom. The van der Waals surface area contributed by atoms with E-state index in [4.69, 9.17) is 5.73 Å². The van der Waals surface area contributed by atoms with Gasteiger partial charge in [0.25, 0.3) is 0 Å². The second-order valence-electron chi connectivity index (χ2n) is 6.51. The van der Waals surface area contributed by atoms with Crippen molar-refractivity contribution in [2.75, 3.05) is 0 Å². The summed E-state index contributed by atoms with van der Waals surface area (Å²) in [6.45, 7) is 0. The van der Waals surface area contributed by atoms with Crippen LogP contribution < -0.4 is 5.73 Å². The van der Waals surface area contributed by atoms with E-state index >= 15 is 0 Å². The van der Waals surface area contributed by atoms with Crippen LogP contribution in [-0.4, -0.2) is 19.5 Å². The van der Waals surface area contributed by atoms with Gasteiger partial charge in [0.15, 0.2) is 0 Å². The van der Waals surface area contributed by atoms with E-state index in [2.05, 4.69) is 43.8 Å². The first-order valence-electron chi connectivity index (χ1n) is 8.90. The topological polar surface area (TPSA) is 69.6 Å². The fraction of sp³-hybridized carbons (Fsp3) is 0.136. The lowest BCUT2D eigenvalue weighted by atomic mass is 10.0. The smallest absolute Gasteiger partial charge is 0.126 e. The van der Waals surface area contributed by atoms with Crippen molar-refractivity contribution in [1.29, 1.82) is 0 Å². The molecule has 0 bridgehead atoms. The van der Waals surface area contributed by atoms with Crippen molar-refractivity contribution >= 4 is 0 Å². The van der Waals surface area contributed by atoms with Crippen LogP contribution in [0.1, 0.15) is 17.6 Å². The minimum Gasteiger partial charge on any atom is -0.330 e. The van der Waals surface area contributed by atoms with Gasteiger partial charge in [-0.1, -0.05) is 30.3 Å². The van der Waals surface area contributed by atoms with E-state index in [-0.39, 0.29) is 6.04 Å². The van der Waals surface area contributed by atoms with Crippen molar-refractivity contribution in [3.8, 4) is 22.4 Å². The molecule has 0 saturated carbocycles. The maximum atomic E-state index is 6.39. The van der Waals surface area contributed by atoms with Crippen LogP contribution in [0.3, 0.4) is 0 Å². The average molecular weight is 355 g/mol. The number of nitrogens with zero attached hydrogens (tertiary/aromatic N) is 4. The van der Waals surface area contributed by atoms with E-state index in [1.54, 1.807) is 18.6 Å². The standard InChI is InChI=1S/C22H21N5/c1-27-21(15-26-22(27)20(23)14-19-4-2-3-11-25-19)18-7-5-16(6-8-18)17-9-12-24-13-10-17/h2-13,15,20H,14,23H2,1H3/t20-/m0/s1. The van der Waals surface area contributed by atoms with Crippen LogP contribution in [0.15, 0.2) is 79.4 Å². The molecule has 4 rings (SSSR count). The Hall–Kier alpha value is -3.31. The second kappa shape index (κ2) is 7.51. The third-order valence-corrected chi connectivity index (χ3v) is 4.71. The zero-order valence-corrected chi connectivity index (χ0v) is 15.2. The first-order valence-corrected chi connectivity index (χ1v) is 8.90. The van der Waals surface area contributed by atoms with Crippen molar-refractivity contribution in [2.45, 2.75) is 12.5 Å². The van der Waals surface area contributed by atoms with Crippen LogP contribution in [0.25, 0.3) is 22.4 Å². The average Bonchev–Trinajstić information content (AvgIpc) is 3.11. The van der Waals surface area contributed by atoms with Gasteiger partial charge in [0.1, 0.15) is 5.82 Å². The number of nitrogens with two attached hydrogens (primary N) is 1. The van der Waals surface area contributed by atoms with Gasteiger partial charge in [-0.2, -0.15) is 0 Å². The van der Waals surface area contributed by atoms with Gasteiger partial charge < -0.3 is 10.3 Å². The van der Waals surface area contributed by atoms with Gasteiger partial charge >= 0.3 is 0 Å². The molecule has 0 radical (unpaired) electrons. The monoisotopic (exact) mass is 355 g/mol. The third kappa shape index (κ3) is 3.64. The van der Waals surface area contributed by atoms with Gasteiger partial charge in [-0.25, -0.2) is 4.98 Å². The molecule has 3 heterocycles. The van der Waals surface area contributed by atoms with Crippen LogP contribution in [0.5, 0.6) is 0 Å². The molecule has 0 aliphatic carbocycles. The lowest BCUT2D eigenvalue weighted by Crippen LogP contribution is -2.18. The van der Waals surface area contributed by atoms with Gasteiger partial charge in [0, 0.05) is 37.8 Å². The zero-order valence-electron chi connectivity index (χ0n) is 15.2. The van der Waals surface area contributed by atoms with Gasteiger partial charge in [0.2, 0.25) is 0 Å². The summed E-state index contributed by atoms with van der Waals surface area (Å²) in [4.78, 5) is 13.0. The molecule has 5 heteroatoms. The van der Waals surface area contributed by atoms with Crippen LogP contribution in [0.4, 0.5) is 0 Å². The molecule has 1 atom stereocenters. The number of aromatic nitrogens is 4. The Balaban J connectivity index is 1.57. The lowest BCUT2D eigenvalue weighted by Gasteiger charge is -2.13. The van der Waals surface area contributed by atoms with E-state index in [9.17, 15) is 0 Å². The summed E-state index contributed by atoms with van der Waals surface area (Å²) in [5.74, 6) is 0.855. The molecule has 27 heavy (non-hydrogen) atoms. The Morgan fingerprint density at radius 2 is 1.56 bits per heavy atom. The Bertz CT molecular complexity index is 1010. The van der Waals surface area contributed by atoms with E-state index in [0.717, 1.165) is 33.9 Å². The summed E-state index contributed by atoms with van der Waals surface area (Å²) in [5.41, 5.74) is 11.8. The number of benzene rings is 1. The highest BCUT2D eigenvalue weighted by Crippen LogP contribution is 2.26. The zero-order chi connectivity index (χ0) is 18.6. The summed E-state index contributed by atoms with van der Waals surface area (Å²) in [7, 11) is 2.01. The van der Waals surface area contributed by atoms with Gasteiger partial charge in [-0.15, -0.1) is 0 Å². The summed E-state index contributed by atoms with van der Waals surface area (Å²) < 4.78 is 2.06. The summed E-state index contributed by atoms with van der Waals surface area (Å²) in [6, 6.07) is 18.1. The molecule has 0 unspecified atom stereocenters. The van der Waals surface area contributed by atoms with Crippen LogP contribution >= 0.6 is 0 Å². The first-order chi connectivity index (χ1) is 13.2. The SMILES string of the molecule is Cn1c(-c2ccc(-c3ccncc3)cc2)cnc1[C@@H](N)Cc1ccccn1. The van der Waals surface area contributed by atoms with E-state index in [1.807, 2.05) is 43.6 Å². The first kappa shape index (κ1) is 17.1. The van der Waals surface area contributed by atoms with Gasteiger partial charge in [-0.3, -0.25) is 9.97 Å². The summed E-state index contributed by atoms with van der Waals surface area (Å²) in [6.07, 6.45) is 7.94. The fourth-order valence-electron chi connectivity index (χ4n) is 3.25. The molecule has 0 fully saturated rings. The van der Waals surface area contributed by atoms with Crippen molar-refractivity contribution in [3.63, 3.8) is 0 Å². The molecule has 5 nitrogen and oxygen atoms in total.